The predicted octanol–water partition coefficient (Wildman–Crippen LogP) is 5.55. The number of hydrogen-bond acceptors (Lipinski definition) is 10. The molecule has 0 amide bonds. The Morgan fingerprint density at radius 1 is 1.07 bits per heavy atom. The number of ether oxygens (including phenoxy) is 4. The van der Waals surface area contributed by atoms with E-state index in [1.807, 2.05) is 12.1 Å². The molecule has 0 aliphatic carbocycles. The quantitative estimate of drug-likeness (QED) is 0.288. The Hall–Kier alpha value is -3.25. The van der Waals surface area contributed by atoms with Crippen LogP contribution in [0.5, 0.6) is 11.5 Å². The number of morpholine rings is 1. The number of piperidine rings is 1. The number of fused-ring (bicyclic) bond motifs is 1. The SMILES string of the molecule is CCCC(Oc1cc2c(Nc3ccc(F)c(Cl)c3)ncnc2cc1OC1CCOCC1)N1CCC(N2CCOC(=O)C2)CC1. The number of cyclic esters (lactones) is 1. The fourth-order valence-corrected chi connectivity index (χ4v) is 6.34. The zero-order chi connectivity index (χ0) is 30.5. The minimum atomic E-state index is -0.486. The van der Waals surface area contributed by atoms with Crippen LogP contribution in [0.2, 0.25) is 5.02 Å². The number of anilines is 2. The summed E-state index contributed by atoms with van der Waals surface area (Å²) in [6.45, 7) is 6.83. The average molecular weight is 628 g/mol. The van der Waals surface area contributed by atoms with E-state index in [9.17, 15) is 9.18 Å². The highest BCUT2D eigenvalue weighted by Crippen LogP contribution is 2.38. The van der Waals surface area contributed by atoms with Crippen molar-refractivity contribution >= 4 is 40.0 Å². The van der Waals surface area contributed by atoms with Gasteiger partial charge in [0.05, 0.1) is 30.3 Å². The van der Waals surface area contributed by atoms with Crippen molar-refractivity contribution < 1.29 is 28.1 Å². The summed E-state index contributed by atoms with van der Waals surface area (Å²) in [4.78, 5) is 25.5. The first-order valence-corrected chi connectivity index (χ1v) is 15.9. The predicted molar refractivity (Wildman–Crippen MR) is 165 cm³/mol. The first-order valence-electron chi connectivity index (χ1n) is 15.5. The van der Waals surface area contributed by atoms with Crippen molar-refractivity contribution in [1.29, 1.82) is 0 Å². The largest absolute Gasteiger partial charge is 0.486 e. The van der Waals surface area contributed by atoms with Crippen LogP contribution >= 0.6 is 11.6 Å². The standard InChI is InChI=1S/C32H39ClFN5O5/c1-2-3-30(38-10-6-22(7-11-38)39-12-15-42-31(40)19-39)44-28-17-24-27(18-29(28)43-23-8-13-41-14-9-23)35-20-36-32(24)37-21-4-5-26(34)25(33)16-21/h4-5,16-18,20,22-23,30H,2-3,6-15,19H2,1H3,(H,35,36,37). The van der Waals surface area contributed by atoms with Crippen LogP contribution in [-0.4, -0.2) is 90.1 Å². The van der Waals surface area contributed by atoms with E-state index >= 15 is 0 Å². The van der Waals surface area contributed by atoms with Crippen molar-refractivity contribution in [2.45, 2.75) is 63.8 Å². The molecule has 3 saturated heterocycles. The van der Waals surface area contributed by atoms with E-state index in [0.29, 0.717) is 60.9 Å². The Morgan fingerprint density at radius 3 is 2.64 bits per heavy atom. The summed E-state index contributed by atoms with van der Waals surface area (Å²) in [5, 5.41) is 4.03. The fourth-order valence-electron chi connectivity index (χ4n) is 6.16. The number of aromatic nitrogens is 2. The fraction of sp³-hybridized carbons (Fsp3) is 0.531. The normalized spacial score (nSPS) is 19.9. The molecule has 0 bridgehead atoms. The molecular weight excluding hydrogens is 589 g/mol. The number of rotatable bonds is 10. The van der Waals surface area contributed by atoms with Crippen LogP contribution in [0.3, 0.4) is 0 Å². The molecule has 3 aliphatic heterocycles. The number of carbonyl (C=O) groups excluding carboxylic acids is 1. The Labute approximate surface area is 261 Å². The molecule has 3 aromatic rings. The summed E-state index contributed by atoms with van der Waals surface area (Å²) in [5.74, 6) is 1.19. The van der Waals surface area contributed by atoms with Gasteiger partial charge in [-0.15, -0.1) is 0 Å². The van der Waals surface area contributed by atoms with Crippen LogP contribution in [0.1, 0.15) is 45.4 Å². The summed E-state index contributed by atoms with van der Waals surface area (Å²) < 4.78 is 37.9. The van der Waals surface area contributed by atoms with Crippen LogP contribution in [0.25, 0.3) is 10.9 Å². The van der Waals surface area contributed by atoms with E-state index in [-0.39, 0.29) is 23.3 Å². The van der Waals surface area contributed by atoms with Gasteiger partial charge in [-0.25, -0.2) is 14.4 Å². The molecule has 1 atom stereocenters. The second-order valence-corrected chi connectivity index (χ2v) is 11.9. The van der Waals surface area contributed by atoms with Gasteiger partial charge in [0.15, 0.2) is 17.7 Å². The number of hydrogen-bond donors (Lipinski definition) is 1. The summed E-state index contributed by atoms with van der Waals surface area (Å²) in [7, 11) is 0. The Bertz CT molecular complexity index is 1450. The van der Waals surface area contributed by atoms with Gasteiger partial charge in [0.25, 0.3) is 0 Å². The second-order valence-electron chi connectivity index (χ2n) is 11.5. The number of halogens is 2. The summed E-state index contributed by atoms with van der Waals surface area (Å²) in [5.41, 5.74) is 1.30. The van der Waals surface area contributed by atoms with Gasteiger partial charge in [-0.3, -0.25) is 14.6 Å². The van der Waals surface area contributed by atoms with Crippen molar-refractivity contribution in [2.75, 3.05) is 51.3 Å². The molecule has 6 rings (SSSR count). The summed E-state index contributed by atoms with van der Waals surface area (Å²) in [6, 6.07) is 8.67. The molecule has 0 spiro atoms. The lowest BCUT2D eigenvalue weighted by Gasteiger charge is -2.42. The summed E-state index contributed by atoms with van der Waals surface area (Å²) in [6.07, 6.45) is 6.67. The third-order valence-electron chi connectivity index (χ3n) is 8.54. The summed E-state index contributed by atoms with van der Waals surface area (Å²) >= 11 is 6.04. The van der Waals surface area contributed by atoms with Crippen molar-refractivity contribution in [1.82, 2.24) is 19.8 Å². The molecule has 12 heteroatoms. The van der Waals surface area contributed by atoms with E-state index < -0.39 is 5.82 Å². The molecule has 44 heavy (non-hydrogen) atoms. The maximum absolute atomic E-state index is 13.8. The smallest absolute Gasteiger partial charge is 0.320 e. The average Bonchev–Trinajstić information content (AvgIpc) is 3.04. The van der Waals surface area contributed by atoms with Crippen LogP contribution in [0.15, 0.2) is 36.7 Å². The van der Waals surface area contributed by atoms with E-state index in [1.165, 1.54) is 18.5 Å². The molecule has 3 aliphatic rings. The minimum Gasteiger partial charge on any atom is -0.486 e. The number of carbonyl (C=O) groups is 1. The Balaban J connectivity index is 1.26. The van der Waals surface area contributed by atoms with E-state index in [0.717, 1.165) is 63.5 Å². The van der Waals surface area contributed by atoms with E-state index in [2.05, 4.69) is 32.0 Å². The molecule has 236 valence electrons. The molecular formula is C32H39ClFN5O5. The lowest BCUT2D eigenvalue weighted by atomic mass is 10.0. The van der Waals surface area contributed by atoms with E-state index in [1.54, 1.807) is 6.07 Å². The van der Waals surface area contributed by atoms with Crippen LogP contribution in [0, 0.1) is 5.82 Å². The van der Waals surface area contributed by atoms with Gasteiger partial charge in [-0.05, 0) is 43.5 Å². The Morgan fingerprint density at radius 2 is 1.89 bits per heavy atom. The molecule has 2 aromatic carbocycles. The third-order valence-corrected chi connectivity index (χ3v) is 8.83. The lowest BCUT2D eigenvalue weighted by molar-refractivity contribution is -0.152. The molecule has 3 fully saturated rings. The van der Waals surface area contributed by atoms with Gasteiger partial charge in [-0.1, -0.05) is 24.9 Å². The van der Waals surface area contributed by atoms with Crippen molar-refractivity contribution in [3.05, 3.63) is 47.5 Å². The molecule has 0 radical (unpaired) electrons. The molecule has 1 unspecified atom stereocenters. The van der Waals surface area contributed by atoms with Gasteiger partial charge < -0.3 is 24.3 Å². The van der Waals surface area contributed by atoms with Crippen LogP contribution < -0.4 is 14.8 Å². The minimum absolute atomic E-state index is 0.0148. The van der Waals surface area contributed by atoms with Crippen molar-refractivity contribution in [2.24, 2.45) is 0 Å². The number of esters is 1. The highest BCUT2D eigenvalue weighted by atomic mass is 35.5. The van der Waals surface area contributed by atoms with Crippen molar-refractivity contribution in [3.63, 3.8) is 0 Å². The number of nitrogens with zero attached hydrogens (tertiary/aromatic N) is 4. The lowest BCUT2D eigenvalue weighted by Crippen LogP contribution is -2.52. The maximum atomic E-state index is 13.8. The monoisotopic (exact) mass is 627 g/mol. The van der Waals surface area contributed by atoms with Crippen molar-refractivity contribution in [3.8, 4) is 11.5 Å². The van der Waals surface area contributed by atoms with Gasteiger partial charge in [0.1, 0.15) is 30.7 Å². The highest BCUT2D eigenvalue weighted by molar-refractivity contribution is 6.31. The molecule has 1 aromatic heterocycles. The number of nitrogens with one attached hydrogen (secondary N) is 1. The maximum Gasteiger partial charge on any atom is 0.320 e. The Kier molecular flexibility index (Phi) is 9.95. The molecule has 1 N–H and O–H groups in total. The molecule has 4 heterocycles. The van der Waals surface area contributed by atoms with Crippen LogP contribution in [0.4, 0.5) is 15.9 Å². The van der Waals surface area contributed by atoms with Gasteiger partial charge >= 0.3 is 5.97 Å². The topological polar surface area (TPSA) is 98.3 Å². The first-order chi connectivity index (χ1) is 21.5. The molecule has 10 nitrogen and oxygen atoms in total. The zero-order valence-electron chi connectivity index (χ0n) is 25.0. The van der Waals surface area contributed by atoms with Crippen LogP contribution in [-0.2, 0) is 14.3 Å². The zero-order valence-corrected chi connectivity index (χ0v) is 25.7. The number of benzene rings is 2. The van der Waals surface area contributed by atoms with E-state index in [4.69, 9.17) is 30.5 Å². The van der Waals surface area contributed by atoms with Gasteiger partial charge in [0, 0.05) is 55.7 Å². The van der Waals surface area contributed by atoms with Gasteiger partial charge in [0.2, 0.25) is 0 Å². The first kappa shape index (κ1) is 30.8. The number of likely N-dealkylation sites (tertiary alicyclic amines) is 1. The van der Waals surface area contributed by atoms with Gasteiger partial charge in [-0.2, -0.15) is 0 Å². The second kappa shape index (κ2) is 14.2. The molecule has 0 saturated carbocycles. The highest BCUT2D eigenvalue weighted by Gasteiger charge is 2.32. The third kappa shape index (κ3) is 7.34.